The molecule has 0 atom stereocenters. The summed E-state index contributed by atoms with van der Waals surface area (Å²) < 4.78 is 53.8. The quantitative estimate of drug-likeness (QED) is 0.806. The molecule has 0 aliphatic rings. The summed E-state index contributed by atoms with van der Waals surface area (Å²) in [4.78, 5) is -0.121. The monoisotopic (exact) mass is 376 g/mol. The van der Waals surface area contributed by atoms with Crippen LogP contribution < -0.4 is 10.5 Å². The van der Waals surface area contributed by atoms with Crippen molar-refractivity contribution in [3.05, 3.63) is 52.0 Å². The highest BCUT2D eigenvalue weighted by Gasteiger charge is 2.18. The zero-order chi connectivity index (χ0) is 15.8. The van der Waals surface area contributed by atoms with Crippen molar-refractivity contribution in [3.63, 3.8) is 0 Å². The predicted molar refractivity (Wildman–Crippen MR) is 80.5 cm³/mol. The highest BCUT2D eigenvalue weighted by Crippen LogP contribution is 2.26. The van der Waals surface area contributed by atoms with Gasteiger partial charge in [-0.05, 0) is 52.7 Å². The van der Waals surface area contributed by atoms with Crippen LogP contribution >= 0.6 is 15.9 Å². The Balaban J connectivity index is 2.42. The van der Waals surface area contributed by atoms with Gasteiger partial charge in [0.2, 0.25) is 0 Å². The van der Waals surface area contributed by atoms with E-state index < -0.39 is 27.3 Å². The second kappa shape index (κ2) is 5.61. The smallest absolute Gasteiger partial charge is 0.262 e. The normalized spacial score (nSPS) is 11.4. The first kappa shape index (κ1) is 15.7. The third kappa shape index (κ3) is 3.33. The van der Waals surface area contributed by atoms with Gasteiger partial charge in [-0.15, -0.1) is 0 Å². The minimum absolute atomic E-state index is 0.0886. The maximum absolute atomic E-state index is 13.7. The summed E-state index contributed by atoms with van der Waals surface area (Å²) in [7, 11) is -4.05. The Hall–Kier alpha value is -1.67. The topological polar surface area (TPSA) is 72.2 Å². The van der Waals surface area contributed by atoms with Crippen LogP contribution in [0.3, 0.4) is 0 Å². The molecule has 0 unspecified atom stereocenters. The minimum Gasteiger partial charge on any atom is -0.398 e. The summed E-state index contributed by atoms with van der Waals surface area (Å²) in [5.74, 6) is -1.56. The molecule has 2 aromatic carbocycles. The van der Waals surface area contributed by atoms with E-state index in [1.165, 1.54) is 25.1 Å². The number of aryl methyl sites for hydroxylation is 1. The Labute approximate surface area is 129 Å². The van der Waals surface area contributed by atoms with Gasteiger partial charge in [-0.3, -0.25) is 4.72 Å². The average Bonchev–Trinajstić information content (AvgIpc) is 2.39. The van der Waals surface area contributed by atoms with Gasteiger partial charge in [-0.1, -0.05) is 0 Å². The highest BCUT2D eigenvalue weighted by molar-refractivity contribution is 9.10. The summed E-state index contributed by atoms with van der Waals surface area (Å²) in [6.45, 7) is 1.38. The Kier molecular flexibility index (Phi) is 4.20. The molecule has 3 N–H and O–H groups in total. The van der Waals surface area contributed by atoms with Crippen LogP contribution in [-0.4, -0.2) is 8.42 Å². The number of nitrogens with two attached hydrogens (primary N) is 1. The fourth-order valence-electron chi connectivity index (χ4n) is 1.60. The van der Waals surface area contributed by atoms with Crippen LogP contribution in [0.4, 0.5) is 20.2 Å². The molecule has 0 aliphatic heterocycles. The number of nitrogen functional groups attached to an aromatic ring is 1. The van der Waals surface area contributed by atoms with Gasteiger partial charge in [-0.2, -0.15) is 0 Å². The van der Waals surface area contributed by atoms with Crippen molar-refractivity contribution < 1.29 is 17.2 Å². The van der Waals surface area contributed by atoms with Crippen LogP contribution in [-0.2, 0) is 10.0 Å². The molecule has 0 heterocycles. The predicted octanol–water partition coefficient (Wildman–Crippen LogP) is 3.42. The third-order valence-electron chi connectivity index (χ3n) is 2.77. The van der Waals surface area contributed by atoms with Gasteiger partial charge in [0.05, 0.1) is 10.6 Å². The van der Waals surface area contributed by atoms with Crippen LogP contribution in [0.5, 0.6) is 0 Å². The Morgan fingerprint density at radius 2 is 1.81 bits per heavy atom. The third-order valence-corrected chi connectivity index (χ3v) is 4.82. The SMILES string of the molecule is Cc1cc(F)c(NS(=O)(=O)c2ccc(N)c(Br)c2)cc1F. The molecular weight excluding hydrogens is 366 g/mol. The summed E-state index contributed by atoms with van der Waals surface area (Å²) in [6.07, 6.45) is 0. The van der Waals surface area contributed by atoms with Crippen molar-refractivity contribution in [1.82, 2.24) is 0 Å². The van der Waals surface area contributed by atoms with E-state index in [2.05, 4.69) is 15.9 Å². The average molecular weight is 377 g/mol. The lowest BCUT2D eigenvalue weighted by Gasteiger charge is -2.11. The number of benzene rings is 2. The zero-order valence-electron chi connectivity index (χ0n) is 10.8. The van der Waals surface area contributed by atoms with Gasteiger partial charge in [0, 0.05) is 16.2 Å². The van der Waals surface area contributed by atoms with E-state index in [9.17, 15) is 17.2 Å². The van der Waals surface area contributed by atoms with Crippen molar-refractivity contribution in [1.29, 1.82) is 0 Å². The van der Waals surface area contributed by atoms with Crippen molar-refractivity contribution in [3.8, 4) is 0 Å². The molecular formula is C13H11BrF2N2O2S. The van der Waals surface area contributed by atoms with Crippen LogP contribution in [0.15, 0.2) is 39.7 Å². The van der Waals surface area contributed by atoms with Gasteiger partial charge in [0.25, 0.3) is 10.0 Å². The van der Waals surface area contributed by atoms with Crippen LogP contribution in [0.1, 0.15) is 5.56 Å². The fraction of sp³-hybridized carbons (Fsp3) is 0.0769. The maximum Gasteiger partial charge on any atom is 0.262 e. The number of rotatable bonds is 3. The van der Waals surface area contributed by atoms with Gasteiger partial charge >= 0.3 is 0 Å². The number of sulfonamides is 1. The van der Waals surface area contributed by atoms with Crippen LogP contribution in [0.25, 0.3) is 0 Å². The maximum atomic E-state index is 13.7. The van der Waals surface area contributed by atoms with Gasteiger partial charge in [0.1, 0.15) is 11.6 Å². The minimum atomic E-state index is -4.05. The zero-order valence-corrected chi connectivity index (χ0v) is 13.2. The molecule has 0 amide bonds. The van der Waals surface area contributed by atoms with E-state index in [1.54, 1.807) is 0 Å². The lowest BCUT2D eigenvalue weighted by Crippen LogP contribution is -2.14. The standard InChI is InChI=1S/C13H11BrF2N2O2S/c1-7-4-11(16)13(6-10(7)15)18-21(19,20)8-2-3-12(17)9(14)5-8/h2-6,18H,17H2,1H3. The molecule has 0 radical (unpaired) electrons. The van der Waals surface area contributed by atoms with Crippen molar-refractivity contribution in [2.24, 2.45) is 0 Å². The van der Waals surface area contributed by atoms with Gasteiger partial charge in [0.15, 0.2) is 0 Å². The summed E-state index contributed by atoms with van der Waals surface area (Å²) in [6, 6.07) is 5.66. The lowest BCUT2D eigenvalue weighted by atomic mass is 10.2. The number of nitrogens with one attached hydrogen (secondary N) is 1. The molecule has 2 rings (SSSR count). The molecule has 0 fully saturated rings. The van der Waals surface area contributed by atoms with E-state index in [0.29, 0.717) is 10.2 Å². The molecule has 0 spiro atoms. The number of hydrogen-bond acceptors (Lipinski definition) is 3. The molecule has 2 aromatic rings. The van der Waals surface area contributed by atoms with E-state index in [-0.39, 0.29) is 10.5 Å². The molecule has 0 aliphatic carbocycles. The second-order valence-electron chi connectivity index (χ2n) is 4.37. The summed E-state index contributed by atoms with van der Waals surface area (Å²) >= 11 is 3.11. The van der Waals surface area contributed by atoms with Crippen LogP contribution in [0.2, 0.25) is 0 Å². The summed E-state index contributed by atoms with van der Waals surface area (Å²) in [5.41, 5.74) is 5.57. The summed E-state index contributed by atoms with van der Waals surface area (Å²) in [5, 5.41) is 0. The Morgan fingerprint density at radius 1 is 1.14 bits per heavy atom. The van der Waals surface area contributed by atoms with Crippen molar-refractivity contribution in [2.45, 2.75) is 11.8 Å². The van der Waals surface area contributed by atoms with Gasteiger partial charge < -0.3 is 5.73 Å². The molecule has 8 heteroatoms. The van der Waals surface area contributed by atoms with E-state index in [4.69, 9.17) is 5.73 Å². The largest absolute Gasteiger partial charge is 0.398 e. The number of hydrogen-bond donors (Lipinski definition) is 2. The Morgan fingerprint density at radius 3 is 2.43 bits per heavy atom. The number of halogens is 3. The Bertz CT molecular complexity index is 810. The van der Waals surface area contributed by atoms with Crippen molar-refractivity contribution >= 4 is 37.3 Å². The lowest BCUT2D eigenvalue weighted by molar-refractivity contribution is 0.590. The molecule has 0 saturated heterocycles. The van der Waals surface area contributed by atoms with Crippen molar-refractivity contribution in [2.75, 3.05) is 10.5 Å². The molecule has 112 valence electrons. The first-order valence-corrected chi connectivity index (χ1v) is 8.02. The molecule has 21 heavy (non-hydrogen) atoms. The molecule has 0 aromatic heterocycles. The molecule has 0 saturated carbocycles. The van der Waals surface area contributed by atoms with E-state index >= 15 is 0 Å². The highest BCUT2D eigenvalue weighted by atomic mass is 79.9. The van der Waals surface area contributed by atoms with Crippen LogP contribution in [0, 0.1) is 18.6 Å². The second-order valence-corrected chi connectivity index (χ2v) is 6.91. The van der Waals surface area contributed by atoms with E-state index in [0.717, 1.165) is 12.1 Å². The molecule has 0 bridgehead atoms. The first-order chi connectivity index (χ1) is 9.70. The fourth-order valence-corrected chi connectivity index (χ4v) is 3.22. The first-order valence-electron chi connectivity index (χ1n) is 5.74. The number of anilines is 2. The molecule has 4 nitrogen and oxygen atoms in total. The van der Waals surface area contributed by atoms with Gasteiger partial charge in [-0.25, -0.2) is 17.2 Å². The van der Waals surface area contributed by atoms with E-state index in [1.807, 2.05) is 4.72 Å².